The van der Waals surface area contributed by atoms with Gasteiger partial charge < -0.3 is 9.88 Å². The van der Waals surface area contributed by atoms with Crippen LogP contribution in [0.1, 0.15) is 38.6 Å². The standard InChI is InChI=1S/C15H22N4/c1-4-5-15-17-6-7-19(15)14-8-13(9-16-11-14)10-18-12(2)3/h6-9,11-12,18H,4-5,10H2,1-3H3. The van der Waals surface area contributed by atoms with Gasteiger partial charge in [0.1, 0.15) is 5.82 Å². The third-order valence-corrected chi connectivity index (χ3v) is 2.96. The lowest BCUT2D eigenvalue weighted by molar-refractivity contribution is 0.587. The van der Waals surface area contributed by atoms with Crippen LogP contribution >= 0.6 is 0 Å². The Morgan fingerprint density at radius 2 is 2.16 bits per heavy atom. The van der Waals surface area contributed by atoms with Crippen molar-refractivity contribution in [2.75, 3.05) is 0 Å². The maximum atomic E-state index is 4.41. The highest BCUT2D eigenvalue weighted by Crippen LogP contribution is 2.12. The maximum Gasteiger partial charge on any atom is 0.113 e. The summed E-state index contributed by atoms with van der Waals surface area (Å²) in [5.41, 5.74) is 2.28. The topological polar surface area (TPSA) is 42.7 Å². The second-order valence-electron chi connectivity index (χ2n) is 5.05. The summed E-state index contributed by atoms with van der Waals surface area (Å²) < 4.78 is 2.12. The van der Waals surface area contributed by atoms with E-state index in [2.05, 4.69) is 46.7 Å². The van der Waals surface area contributed by atoms with Crippen molar-refractivity contribution in [3.63, 3.8) is 0 Å². The molecular weight excluding hydrogens is 236 g/mol. The summed E-state index contributed by atoms with van der Waals surface area (Å²) >= 11 is 0. The summed E-state index contributed by atoms with van der Waals surface area (Å²) in [4.78, 5) is 8.74. The molecule has 2 aromatic rings. The third-order valence-electron chi connectivity index (χ3n) is 2.96. The molecule has 0 bridgehead atoms. The summed E-state index contributed by atoms with van der Waals surface area (Å²) in [7, 11) is 0. The third kappa shape index (κ3) is 3.64. The van der Waals surface area contributed by atoms with Crippen LogP contribution in [0.5, 0.6) is 0 Å². The summed E-state index contributed by atoms with van der Waals surface area (Å²) in [6.45, 7) is 7.30. The van der Waals surface area contributed by atoms with Gasteiger partial charge >= 0.3 is 0 Å². The van der Waals surface area contributed by atoms with Crippen molar-refractivity contribution in [1.82, 2.24) is 19.9 Å². The summed E-state index contributed by atoms with van der Waals surface area (Å²) in [6.07, 6.45) is 9.74. The normalized spacial score (nSPS) is 11.2. The zero-order valence-corrected chi connectivity index (χ0v) is 11.9. The SMILES string of the molecule is CCCc1nccn1-c1cncc(CNC(C)C)c1. The first-order valence-electron chi connectivity index (χ1n) is 6.90. The van der Waals surface area contributed by atoms with E-state index in [9.17, 15) is 0 Å². The Bertz CT molecular complexity index is 516. The monoisotopic (exact) mass is 258 g/mol. The molecular formula is C15H22N4. The lowest BCUT2D eigenvalue weighted by atomic mass is 10.2. The maximum absolute atomic E-state index is 4.41. The number of nitrogens with zero attached hydrogens (tertiary/aromatic N) is 3. The molecule has 0 spiro atoms. The van der Waals surface area contributed by atoms with E-state index in [1.807, 2.05) is 24.8 Å². The molecule has 0 aliphatic rings. The van der Waals surface area contributed by atoms with Crippen LogP contribution in [0, 0.1) is 0 Å². The fraction of sp³-hybridized carbons (Fsp3) is 0.467. The highest BCUT2D eigenvalue weighted by atomic mass is 15.1. The van der Waals surface area contributed by atoms with Crippen LogP contribution in [-0.2, 0) is 13.0 Å². The van der Waals surface area contributed by atoms with Gasteiger partial charge in [0.05, 0.1) is 11.9 Å². The average Bonchev–Trinajstić information content (AvgIpc) is 2.85. The summed E-state index contributed by atoms with van der Waals surface area (Å²) in [5, 5.41) is 3.41. The van der Waals surface area contributed by atoms with Crippen LogP contribution in [0.4, 0.5) is 0 Å². The first-order chi connectivity index (χ1) is 9.20. The van der Waals surface area contributed by atoms with E-state index < -0.39 is 0 Å². The molecule has 4 heteroatoms. The predicted molar refractivity (Wildman–Crippen MR) is 77.3 cm³/mol. The van der Waals surface area contributed by atoms with Gasteiger partial charge in [0.25, 0.3) is 0 Å². The molecule has 4 nitrogen and oxygen atoms in total. The molecule has 102 valence electrons. The minimum Gasteiger partial charge on any atom is -0.310 e. The quantitative estimate of drug-likeness (QED) is 0.866. The molecule has 19 heavy (non-hydrogen) atoms. The Kier molecular flexibility index (Phi) is 4.68. The fourth-order valence-corrected chi connectivity index (χ4v) is 2.00. The Hall–Kier alpha value is -1.68. The molecule has 2 rings (SSSR count). The smallest absolute Gasteiger partial charge is 0.113 e. The van der Waals surface area contributed by atoms with Gasteiger partial charge in [-0.3, -0.25) is 4.98 Å². The zero-order chi connectivity index (χ0) is 13.7. The van der Waals surface area contributed by atoms with Gasteiger partial charge in [0.15, 0.2) is 0 Å². The molecule has 0 saturated carbocycles. The largest absolute Gasteiger partial charge is 0.310 e. The molecule has 2 heterocycles. The second-order valence-corrected chi connectivity index (χ2v) is 5.05. The average molecular weight is 258 g/mol. The van der Waals surface area contributed by atoms with Gasteiger partial charge in [-0.1, -0.05) is 20.8 Å². The number of hydrogen-bond acceptors (Lipinski definition) is 3. The van der Waals surface area contributed by atoms with E-state index in [4.69, 9.17) is 0 Å². The predicted octanol–water partition coefficient (Wildman–Crippen LogP) is 2.72. The number of nitrogens with one attached hydrogen (secondary N) is 1. The Morgan fingerprint density at radius 3 is 2.89 bits per heavy atom. The molecule has 0 fully saturated rings. The molecule has 0 atom stereocenters. The van der Waals surface area contributed by atoms with Crippen molar-refractivity contribution in [2.45, 2.75) is 46.2 Å². The van der Waals surface area contributed by atoms with Crippen molar-refractivity contribution in [3.8, 4) is 5.69 Å². The minimum atomic E-state index is 0.479. The first kappa shape index (κ1) is 13.7. The number of pyridine rings is 1. The van der Waals surface area contributed by atoms with E-state index in [-0.39, 0.29) is 0 Å². The van der Waals surface area contributed by atoms with Crippen LogP contribution in [0.3, 0.4) is 0 Å². The van der Waals surface area contributed by atoms with Crippen molar-refractivity contribution in [1.29, 1.82) is 0 Å². The van der Waals surface area contributed by atoms with Gasteiger partial charge in [-0.15, -0.1) is 0 Å². The Balaban J connectivity index is 2.20. The molecule has 0 aliphatic heterocycles. The van der Waals surface area contributed by atoms with Gasteiger partial charge in [-0.2, -0.15) is 0 Å². The second kappa shape index (κ2) is 6.48. The number of aromatic nitrogens is 3. The molecule has 0 saturated heterocycles. The summed E-state index contributed by atoms with van der Waals surface area (Å²) in [6, 6.07) is 2.65. The Labute approximate surface area is 114 Å². The number of imidazole rings is 1. The number of hydrogen-bond donors (Lipinski definition) is 1. The molecule has 0 radical (unpaired) electrons. The first-order valence-corrected chi connectivity index (χ1v) is 6.90. The molecule has 0 unspecified atom stereocenters. The highest BCUT2D eigenvalue weighted by Gasteiger charge is 2.05. The van der Waals surface area contributed by atoms with E-state index >= 15 is 0 Å². The highest BCUT2D eigenvalue weighted by molar-refractivity contribution is 5.33. The fourth-order valence-electron chi connectivity index (χ4n) is 2.00. The van der Waals surface area contributed by atoms with Gasteiger partial charge in [0, 0.05) is 37.6 Å². The van der Waals surface area contributed by atoms with Crippen LogP contribution in [0.25, 0.3) is 5.69 Å². The van der Waals surface area contributed by atoms with E-state index in [1.54, 1.807) is 0 Å². The van der Waals surface area contributed by atoms with Crippen LogP contribution < -0.4 is 5.32 Å². The van der Waals surface area contributed by atoms with Crippen LogP contribution in [-0.4, -0.2) is 20.6 Å². The van der Waals surface area contributed by atoms with Crippen LogP contribution in [0.2, 0.25) is 0 Å². The van der Waals surface area contributed by atoms with Crippen molar-refractivity contribution in [3.05, 3.63) is 42.2 Å². The Morgan fingerprint density at radius 1 is 1.32 bits per heavy atom. The van der Waals surface area contributed by atoms with Gasteiger partial charge in [-0.05, 0) is 18.1 Å². The molecule has 2 aromatic heterocycles. The van der Waals surface area contributed by atoms with Crippen molar-refractivity contribution >= 4 is 0 Å². The lowest BCUT2D eigenvalue weighted by Crippen LogP contribution is -2.22. The van der Waals surface area contributed by atoms with Crippen molar-refractivity contribution < 1.29 is 0 Å². The van der Waals surface area contributed by atoms with Crippen LogP contribution in [0.15, 0.2) is 30.9 Å². The van der Waals surface area contributed by atoms with E-state index in [0.29, 0.717) is 6.04 Å². The lowest BCUT2D eigenvalue weighted by Gasteiger charge is -2.11. The van der Waals surface area contributed by atoms with E-state index in [0.717, 1.165) is 30.9 Å². The molecule has 0 amide bonds. The van der Waals surface area contributed by atoms with Crippen molar-refractivity contribution in [2.24, 2.45) is 0 Å². The summed E-state index contributed by atoms with van der Waals surface area (Å²) in [5.74, 6) is 1.10. The van der Waals surface area contributed by atoms with Gasteiger partial charge in [0.2, 0.25) is 0 Å². The zero-order valence-electron chi connectivity index (χ0n) is 11.9. The van der Waals surface area contributed by atoms with Gasteiger partial charge in [-0.25, -0.2) is 4.98 Å². The molecule has 0 aromatic carbocycles. The number of aryl methyl sites for hydroxylation is 1. The molecule has 1 N–H and O–H groups in total. The minimum absolute atomic E-state index is 0.479. The van der Waals surface area contributed by atoms with E-state index in [1.165, 1.54) is 5.56 Å². The number of rotatable bonds is 6. The molecule has 0 aliphatic carbocycles.